The summed E-state index contributed by atoms with van der Waals surface area (Å²) in [5, 5.41) is 0. The summed E-state index contributed by atoms with van der Waals surface area (Å²) in [6, 6.07) is 16.0. The van der Waals surface area contributed by atoms with Gasteiger partial charge in [0, 0.05) is 24.6 Å². The summed E-state index contributed by atoms with van der Waals surface area (Å²) in [6.07, 6.45) is 2.17. The minimum absolute atomic E-state index is 0.0765. The van der Waals surface area contributed by atoms with Crippen LogP contribution in [0.25, 0.3) is 0 Å². The molecular formula is C20H21NO3. The zero-order chi connectivity index (χ0) is 16.4. The lowest BCUT2D eigenvalue weighted by atomic mass is 9.90. The highest BCUT2D eigenvalue weighted by molar-refractivity contribution is 5.95. The van der Waals surface area contributed by atoms with Gasteiger partial charge in [-0.3, -0.25) is 4.79 Å². The molecule has 1 amide bonds. The second-order valence-corrected chi connectivity index (χ2v) is 6.36. The van der Waals surface area contributed by atoms with Crippen LogP contribution in [0.4, 0.5) is 0 Å². The molecule has 0 spiro atoms. The molecule has 0 aliphatic carbocycles. The summed E-state index contributed by atoms with van der Waals surface area (Å²) >= 11 is 0. The van der Waals surface area contributed by atoms with E-state index in [4.69, 9.17) is 9.47 Å². The molecule has 2 aliphatic rings. The lowest BCUT2D eigenvalue weighted by molar-refractivity contribution is 0.0706. The van der Waals surface area contributed by atoms with Crippen LogP contribution in [0.5, 0.6) is 11.5 Å². The Morgan fingerprint density at radius 1 is 1.00 bits per heavy atom. The third-order valence-corrected chi connectivity index (χ3v) is 4.77. The van der Waals surface area contributed by atoms with Gasteiger partial charge in [0.05, 0.1) is 0 Å². The zero-order valence-electron chi connectivity index (χ0n) is 13.6. The van der Waals surface area contributed by atoms with Crippen molar-refractivity contribution in [3.63, 3.8) is 0 Å². The summed E-state index contributed by atoms with van der Waals surface area (Å²) in [4.78, 5) is 14.9. The Morgan fingerprint density at radius 2 is 1.79 bits per heavy atom. The third kappa shape index (κ3) is 2.96. The number of likely N-dealkylation sites (tertiary alicyclic amines) is 1. The van der Waals surface area contributed by atoms with Crippen LogP contribution in [-0.4, -0.2) is 37.1 Å². The lowest BCUT2D eigenvalue weighted by Gasteiger charge is -2.33. The summed E-state index contributed by atoms with van der Waals surface area (Å²) in [6.45, 7) is 2.68. The molecule has 124 valence electrons. The summed E-state index contributed by atoms with van der Waals surface area (Å²) < 4.78 is 11.1. The van der Waals surface area contributed by atoms with Crippen LogP contribution < -0.4 is 9.47 Å². The van der Waals surface area contributed by atoms with Crippen LogP contribution in [0.1, 0.15) is 34.7 Å². The molecule has 1 atom stereocenters. The SMILES string of the molecule is O=C(c1ccc2c(c1)OCCO2)N1CCC[C@@H](c2ccccc2)C1. The van der Waals surface area contributed by atoms with E-state index in [1.807, 2.05) is 29.2 Å². The zero-order valence-corrected chi connectivity index (χ0v) is 13.6. The molecule has 2 aliphatic heterocycles. The molecule has 0 bridgehead atoms. The molecule has 0 unspecified atom stereocenters. The molecule has 1 saturated heterocycles. The number of piperidine rings is 1. The Morgan fingerprint density at radius 3 is 2.62 bits per heavy atom. The Balaban J connectivity index is 1.51. The number of benzene rings is 2. The predicted octanol–water partition coefficient (Wildman–Crippen LogP) is 3.48. The van der Waals surface area contributed by atoms with Crippen LogP contribution >= 0.6 is 0 Å². The average molecular weight is 323 g/mol. The third-order valence-electron chi connectivity index (χ3n) is 4.77. The van der Waals surface area contributed by atoms with Gasteiger partial charge in [-0.25, -0.2) is 0 Å². The fraction of sp³-hybridized carbons (Fsp3) is 0.350. The number of carbonyl (C=O) groups excluding carboxylic acids is 1. The summed E-state index contributed by atoms with van der Waals surface area (Å²) in [5.74, 6) is 1.89. The molecule has 0 saturated carbocycles. The summed E-state index contributed by atoms with van der Waals surface area (Å²) in [7, 11) is 0. The number of nitrogens with zero attached hydrogens (tertiary/aromatic N) is 1. The van der Waals surface area contributed by atoms with Crippen molar-refractivity contribution in [3.05, 3.63) is 59.7 Å². The first kappa shape index (κ1) is 15.1. The standard InChI is InChI=1S/C20H21NO3/c22-20(16-8-9-18-19(13-16)24-12-11-23-18)21-10-4-7-17(14-21)15-5-2-1-3-6-15/h1-3,5-6,8-9,13,17H,4,7,10-12,14H2/t17-/m1/s1. The second kappa shape index (κ2) is 6.56. The van der Waals surface area contributed by atoms with E-state index in [9.17, 15) is 4.79 Å². The van der Waals surface area contributed by atoms with Crippen LogP contribution in [0, 0.1) is 0 Å². The molecule has 4 rings (SSSR count). The van der Waals surface area contributed by atoms with E-state index in [2.05, 4.69) is 24.3 Å². The molecule has 1 fully saturated rings. The van der Waals surface area contributed by atoms with Gasteiger partial charge in [-0.1, -0.05) is 30.3 Å². The molecule has 4 heteroatoms. The molecule has 2 aromatic carbocycles. The number of hydrogen-bond donors (Lipinski definition) is 0. The van der Waals surface area contributed by atoms with Gasteiger partial charge in [0.1, 0.15) is 13.2 Å². The van der Waals surface area contributed by atoms with Gasteiger partial charge < -0.3 is 14.4 Å². The van der Waals surface area contributed by atoms with E-state index in [0.717, 1.165) is 31.7 Å². The van der Waals surface area contributed by atoms with Crippen molar-refractivity contribution in [3.8, 4) is 11.5 Å². The van der Waals surface area contributed by atoms with Crippen LogP contribution in [-0.2, 0) is 0 Å². The molecule has 0 radical (unpaired) electrons. The molecule has 4 nitrogen and oxygen atoms in total. The lowest BCUT2D eigenvalue weighted by Crippen LogP contribution is -2.39. The van der Waals surface area contributed by atoms with Gasteiger partial charge in [-0.05, 0) is 36.6 Å². The molecular weight excluding hydrogens is 302 g/mol. The van der Waals surface area contributed by atoms with E-state index >= 15 is 0 Å². The highest BCUT2D eigenvalue weighted by atomic mass is 16.6. The van der Waals surface area contributed by atoms with Crippen molar-refractivity contribution in [2.24, 2.45) is 0 Å². The Kier molecular flexibility index (Phi) is 4.11. The Labute approximate surface area is 142 Å². The topological polar surface area (TPSA) is 38.8 Å². The number of amides is 1. The second-order valence-electron chi connectivity index (χ2n) is 6.36. The maximum absolute atomic E-state index is 12.9. The molecule has 24 heavy (non-hydrogen) atoms. The number of carbonyl (C=O) groups is 1. The number of rotatable bonds is 2. The fourth-order valence-corrected chi connectivity index (χ4v) is 3.52. The van der Waals surface area contributed by atoms with Crippen LogP contribution in [0.2, 0.25) is 0 Å². The highest BCUT2D eigenvalue weighted by Crippen LogP contribution is 2.32. The highest BCUT2D eigenvalue weighted by Gasteiger charge is 2.26. The largest absolute Gasteiger partial charge is 0.486 e. The van der Waals surface area contributed by atoms with Gasteiger partial charge in [-0.2, -0.15) is 0 Å². The van der Waals surface area contributed by atoms with E-state index in [1.54, 1.807) is 0 Å². The minimum atomic E-state index is 0.0765. The Hall–Kier alpha value is -2.49. The van der Waals surface area contributed by atoms with E-state index in [1.165, 1.54) is 5.56 Å². The average Bonchev–Trinajstić information content (AvgIpc) is 2.68. The number of fused-ring (bicyclic) bond motifs is 1. The molecule has 2 aromatic rings. The first-order valence-electron chi connectivity index (χ1n) is 8.55. The molecule has 0 N–H and O–H groups in total. The Bertz CT molecular complexity index is 729. The van der Waals surface area contributed by atoms with Crippen molar-refractivity contribution in [2.75, 3.05) is 26.3 Å². The first-order chi connectivity index (χ1) is 11.8. The fourth-order valence-electron chi connectivity index (χ4n) is 3.52. The van der Waals surface area contributed by atoms with Gasteiger partial charge >= 0.3 is 0 Å². The maximum Gasteiger partial charge on any atom is 0.254 e. The van der Waals surface area contributed by atoms with Crippen molar-refractivity contribution in [1.29, 1.82) is 0 Å². The van der Waals surface area contributed by atoms with E-state index in [0.29, 0.717) is 30.4 Å². The van der Waals surface area contributed by atoms with Gasteiger partial charge in [0.2, 0.25) is 0 Å². The smallest absolute Gasteiger partial charge is 0.254 e. The molecule has 2 heterocycles. The predicted molar refractivity (Wildman–Crippen MR) is 91.8 cm³/mol. The summed E-state index contributed by atoms with van der Waals surface area (Å²) in [5.41, 5.74) is 1.99. The molecule has 0 aromatic heterocycles. The van der Waals surface area contributed by atoms with Gasteiger partial charge in [-0.15, -0.1) is 0 Å². The monoisotopic (exact) mass is 323 g/mol. The van der Waals surface area contributed by atoms with Crippen LogP contribution in [0.3, 0.4) is 0 Å². The van der Waals surface area contributed by atoms with Crippen molar-refractivity contribution in [1.82, 2.24) is 4.90 Å². The van der Waals surface area contributed by atoms with E-state index in [-0.39, 0.29) is 5.91 Å². The normalized spacial score (nSPS) is 19.8. The van der Waals surface area contributed by atoms with Crippen molar-refractivity contribution < 1.29 is 14.3 Å². The van der Waals surface area contributed by atoms with Crippen LogP contribution in [0.15, 0.2) is 48.5 Å². The van der Waals surface area contributed by atoms with Gasteiger partial charge in [0.15, 0.2) is 11.5 Å². The van der Waals surface area contributed by atoms with E-state index < -0.39 is 0 Å². The maximum atomic E-state index is 12.9. The van der Waals surface area contributed by atoms with Crippen molar-refractivity contribution >= 4 is 5.91 Å². The van der Waals surface area contributed by atoms with Crippen molar-refractivity contribution in [2.45, 2.75) is 18.8 Å². The first-order valence-corrected chi connectivity index (χ1v) is 8.55. The van der Waals surface area contributed by atoms with Gasteiger partial charge in [0.25, 0.3) is 5.91 Å². The number of hydrogen-bond acceptors (Lipinski definition) is 3. The minimum Gasteiger partial charge on any atom is -0.486 e. The number of ether oxygens (including phenoxy) is 2. The quantitative estimate of drug-likeness (QED) is 0.849.